The minimum atomic E-state index is -0.273. The number of aromatic amines is 1. The molecule has 1 N–H and O–H groups in total. The molecule has 1 heterocycles. The zero-order chi connectivity index (χ0) is 17.0. The number of benzene rings is 1. The fourth-order valence-electron chi connectivity index (χ4n) is 1.82. The highest BCUT2D eigenvalue weighted by Gasteiger charge is 2.14. The van der Waals surface area contributed by atoms with E-state index in [-0.39, 0.29) is 39.8 Å². The van der Waals surface area contributed by atoms with E-state index in [4.69, 9.17) is 37.9 Å². The second-order valence-electron chi connectivity index (χ2n) is 4.91. The highest BCUT2D eigenvalue weighted by molar-refractivity contribution is 6.37. The molecule has 0 unspecified atom stereocenters. The summed E-state index contributed by atoms with van der Waals surface area (Å²) in [4.78, 5) is 11.7. The number of aromatic nitrogens is 2. The van der Waals surface area contributed by atoms with E-state index in [0.717, 1.165) is 0 Å². The van der Waals surface area contributed by atoms with Gasteiger partial charge in [0.15, 0.2) is 12.4 Å². The van der Waals surface area contributed by atoms with Crippen LogP contribution < -0.4 is 15.0 Å². The lowest BCUT2D eigenvalue weighted by Crippen LogP contribution is -2.15. The Kier molecular flexibility index (Phi) is 5.48. The van der Waals surface area contributed by atoms with Gasteiger partial charge in [0.2, 0.25) is 5.88 Å². The first-order valence-corrected chi connectivity index (χ1v) is 7.44. The lowest BCUT2D eigenvalue weighted by atomic mass is 10.1. The van der Waals surface area contributed by atoms with Crippen LogP contribution in [0, 0.1) is 11.3 Å². The summed E-state index contributed by atoms with van der Waals surface area (Å²) in [5.41, 5.74) is 0.265. The summed E-state index contributed by atoms with van der Waals surface area (Å²) in [6, 6.07) is 6.35. The van der Waals surface area contributed by atoms with Gasteiger partial charge in [-0.15, -0.1) is 5.10 Å². The molecule has 0 bridgehead atoms. The third-order valence-electron chi connectivity index (χ3n) is 2.91. The molecule has 0 saturated heterocycles. The van der Waals surface area contributed by atoms with Crippen molar-refractivity contribution in [3.05, 3.63) is 44.2 Å². The van der Waals surface area contributed by atoms with E-state index in [1.165, 1.54) is 18.2 Å². The van der Waals surface area contributed by atoms with Gasteiger partial charge in [-0.2, -0.15) is 5.26 Å². The number of nitrogens with one attached hydrogen (secondary N) is 1. The van der Waals surface area contributed by atoms with E-state index in [2.05, 4.69) is 10.2 Å². The number of hydrogen-bond donors (Lipinski definition) is 1. The maximum absolute atomic E-state index is 11.7. The summed E-state index contributed by atoms with van der Waals surface area (Å²) < 4.78 is 10.7. The Labute approximate surface area is 142 Å². The molecular formula is C15H13Cl2N3O3. The molecule has 0 aliphatic heterocycles. The Morgan fingerprint density at radius 1 is 1.30 bits per heavy atom. The molecule has 0 radical (unpaired) electrons. The summed E-state index contributed by atoms with van der Waals surface area (Å²) in [5, 5.41) is 15.1. The molecule has 120 valence electrons. The number of nitrogens with zero attached hydrogens (tertiary/aromatic N) is 2. The Morgan fingerprint density at radius 3 is 2.52 bits per heavy atom. The van der Waals surface area contributed by atoms with Crippen LogP contribution in [0.15, 0.2) is 23.0 Å². The molecule has 0 spiro atoms. The zero-order valence-corrected chi connectivity index (χ0v) is 13.9. The van der Waals surface area contributed by atoms with Crippen molar-refractivity contribution in [3.8, 4) is 23.4 Å². The van der Waals surface area contributed by atoms with Gasteiger partial charge < -0.3 is 9.47 Å². The standard InChI is InChI=1S/C15H13Cl2N3O3/c1-8(2)10-7-13(19-20-15(10)21)23-14-11(16)5-9(6-12(14)17)22-4-3-18/h5-8H,4H2,1-2H3,(H,20,21). The average Bonchev–Trinajstić information content (AvgIpc) is 2.50. The second kappa shape index (κ2) is 7.36. The van der Waals surface area contributed by atoms with Crippen molar-refractivity contribution >= 4 is 23.2 Å². The fourth-order valence-corrected chi connectivity index (χ4v) is 2.36. The lowest BCUT2D eigenvalue weighted by Gasteiger charge is -2.11. The molecule has 2 aromatic rings. The molecule has 0 aliphatic rings. The van der Waals surface area contributed by atoms with Crippen LogP contribution in [-0.4, -0.2) is 16.8 Å². The quantitative estimate of drug-likeness (QED) is 0.880. The second-order valence-corrected chi connectivity index (χ2v) is 5.72. The van der Waals surface area contributed by atoms with E-state index in [9.17, 15) is 4.79 Å². The number of hydrogen-bond acceptors (Lipinski definition) is 5. The molecule has 0 saturated carbocycles. The van der Waals surface area contributed by atoms with Gasteiger partial charge >= 0.3 is 0 Å². The smallest absolute Gasteiger partial charge is 0.267 e. The summed E-state index contributed by atoms with van der Waals surface area (Å²) in [6.07, 6.45) is 0. The summed E-state index contributed by atoms with van der Waals surface area (Å²) >= 11 is 12.3. The Balaban J connectivity index is 2.32. The van der Waals surface area contributed by atoms with Gasteiger partial charge in [0.25, 0.3) is 5.56 Å². The minimum Gasteiger partial charge on any atom is -0.479 e. The largest absolute Gasteiger partial charge is 0.479 e. The topological polar surface area (TPSA) is 88.0 Å². The van der Waals surface area contributed by atoms with Gasteiger partial charge in [-0.3, -0.25) is 4.79 Å². The summed E-state index contributed by atoms with van der Waals surface area (Å²) in [7, 11) is 0. The van der Waals surface area contributed by atoms with Crippen molar-refractivity contribution in [1.82, 2.24) is 10.2 Å². The normalized spacial score (nSPS) is 10.4. The maximum atomic E-state index is 11.7. The van der Waals surface area contributed by atoms with E-state index in [1.807, 2.05) is 19.9 Å². The maximum Gasteiger partial charge on any atom is 0.267 e. The number of rotatable bonds is 5. The first-order valence-electron chi connectivity index (χ1n) is 6.68. The van der Waals surface area contributed by atoms with Crippen LogP contribution in [0.25, 0.3) is 0 Å². The van der Waals surface area contributed by atoms with E-state index < -0.39 is 0 Å². The monoisotopic (exact) mass is 353 g/mol. The molecule has 0 aliphatic carbocycles. The number of halogens is 2. The van der Waals surface area contributed by atoms with Gasteiger partial charge in [0, 0.05) is 23.8 Å². The summed E-state index contributed by atoms with van der Waals surface area (Å²) in [5.74, 6) is 0.720. The van der Waals surface area contributed by atoms with Crippen LogP contribution in [0.2, 0.25) is 10.0 Å². The lowest BCUT2D eigenvalue weighted by molar-refractivity contribution is 0.367. The minimum absolute atomic E-state index is 0.0109. The summed E-state index contributed by atoms with van der Waals surface area (Å²) in [6.45, 7) is 3.65. The third kappa shape index (κ3) is 4.15. The van der Waals surface area contributed by atoms with Crippen molar-refractivity contribution in [2.45, 2.75) is 19.8 Å². The van der Waals surface area contributed by atoms with Crippen molar-refractivity contribution in [3.63, 3.8) is 0 Å². The predicted octanol–water partition coefficient (Wildman–Crippen LogP) is 3.89. The molecule has 1 aromatic heterocycles. The van der Waals surface area contributed by atoms with E-state index in [1.54, 1.807) is 0 Å². The molecule has 0 amide bonds. The number of nitriles is 1. The van der Waals surface area contributed by atoms with Crippen molar-refractivity contribution in [2.24, 2.45) is 0 Å². The molecule has 0 fully saturated rings. The molecule has 1 aromatic carbocycles. The van der Waals surface area contributed by atoms with Gasteiger partial charge in [0.1, 0.15) is 11.8 Å². The van der Waals surface area contributed by atoms with Crippen LogP contribution in [0.5, 0.6) is 17.4 Å². The molecule has 6 nitrogen and oxygen atoms in total. The van der Waals surface area contributed by atoms with Crippen molar-refractivity contribution in [2.75, 3.05) is 6.61 Å². The van der Waals surface area contributed by atoms with Crippen molar-refractivity contribution in [1.29, 1.82) is 5.26 Å². The molecule has 23 heavy (non-hydrogen) atoms. The van der Waals surface area contributed by atoms with Crippen LogP contribution in [0.3, 0.4) is 0 Å². The first kappa shape index (κ1) is 17.1. The SMILES string of the molecule is CC(C)c1cc(Oc2c(Cl)cc(OCC#N)cc2Cl)n[nH]c1=O. The van der Waals surface area contributed by atoms with E-state index in [0.29, 0.717) is 11.3 Å². The fraction of sp³-hybridized carbons (Fsp3) is 0.267. The van der Waals surface area contributed by atoms with Gasteiger partial charge in [0.05, 0.1) is 10.0 Å². The van der Waals surface area contributed by atoms with Gasteiger partial charge in [-0.25, -0.2) is 5.10 Å². The highest BCUT2D eigenvalue weighted by atomic mass is 35.5. The third-order valence-corrected chi connectivity index (χ3v) is 3.47. The zero-order valence-electron chi connectivity index (χ0n) is 12.4. The molecule has 0 atom stereocenters. The predicted molar refractivity (Wildman–Crippen MR) is 86.6 cm³/mol. The highest BCUT2D eigenvalue weighted by Crippen LogP contribution is 2.39. The van der Waals surface area contributed by atoms with Gasteiger partial charge in [-0.05, 0) is 5.92 Å². The van der Waals surface area contributed by atoms with Gasteiger partial charge in [-0.1, -0.05) is 37.0 Å². The first-order chi connectivity index (χ1) is 10.9. The van der Waals surface area contributed by atoms with Crippen LogP contribution in [0.4, 0.5) is 0 Å². The van der Waals surface area contributed by atoms with Crippen LogP contribution >= 0.6 is 23.2 Å². The molecule has 2 rings (SSSR count). The Bertz CT molecular complexity index is 789. The van der Waals surface area contributed by atoms with Crippen LogP contribution in [-0.2, 0) is 0 Å². The van der Waals surface area contributed by atoms with Crippen molar-refractivity contribution < 1.29 is 9.47 Å². The van der Waals surface area contributed by atoms with Crippen LogP contribution in [0.1, 0.15) is 25.3 Å². The number of H-pyrrole nitrogens is 1. The molecular weight excluding hydrogens is 341 g/mol. The Hall–Kier alpha value is -2.23. The number of ether oxygens (including phenoxy) is 2. The average molecular weight is 354 g/mol. The molecule has 8 heteroatoms. The van der Waals surface area contributed by atoms with E-state index >= 15 is 0 Å². The Morgan fingerprint density at radius 2 is 1.96 bits per heavy atom.